The Kier molecular flexibility index (Phi) is 5.79. The van der Waals surface area contributed by atoms with Crippen LogP contribution in [0.5, 0.6) is 0 Å². The Morgan fingerprint density at radius 3 is 2.74 bits per heavy atom. The molecular weight excluding hydrogens is 344 g/mol. The Morgan fingerprint density at radius 1 is 1.19 bits per heavy atom. The molecular formula is C20H26N4O3. The number of amides is 1. The van der Waals surface area contributed by atoms with Crippen molar-refractivity contribution in [1.29, 1.82) is 0 Å². The normalized spacial score (nSPS) is 20.9. The molecule has 7 nitrogen and oxygen atoms in total. The summed E-state index contributed by atoms with van der Waals surface area (Å²) in [5.74, 6) is 1.47. The highest BCUT2D eigenvalue weighted by Crippen LogP contribution is 2.18. The molecule has 0 saturated carbocycles. The fraction of sp³-hybridized carbons (Fsp3) is 0.550. The van der Waals surface area contributed by atoms with Gasteiger partial charge in [-0.1, -0.05) is 35.5 Å². The molecule has 0 radical (unpaired) electrons. The first-order valence-corrected chi connectivity index (χ1v) is 9.77. The minimum atomic E-state index is -0.212. The van der Waals surface area contributed by atoms with Gasteiger partial charge < -0.3 is 19.5 Å². The summed E-state index contributed by atoms with van der Waals surface area (Å²) in [5, 5.41) is 7.54. The zero-order chi connectivity index (χ0) is 18.5. The van der Waals surface area contributed by atoms with Crippen molar-refractivity contribution < 1.29 is 14.1 Å². The van der Waals surface area contributed by atoms with Crippen LogP contribution in [0.4, 0.5) is 0 Å². The van der Waals surface area contributed by atoms with E-state index in [4.69, 9.17) is 9.26 Å². The number of nitrogens with one attached hydrogen (secondary N) is 1. The van der Waals surface area contributed by atoms with Gasteiger partial charge in [-0.2, -0.15) is 4.98 Å². The quantitative estimate of drug-likeness (QED) is 0.837. The van der Waals surface area contributed by atoms with Gasteiger partial charge in [-0.05, 0) is 31.2 Å². The van der Waals surface area contributed by atoms with Crippen molar-refractivity contribution in [1.82, 2.24) is 20.4 Å². The molecule has 0 unspecified atom stereocenters. The van der Waals surface area contributed by atoms with E-state index in [9.17, 15) is 4.79 Å². The van der Waals surface area contributed by atoms with Gasteiger partial charge in [0.25, 0.3) is 5.91 Å². The van der Waals surface area contributed by atoms with Crippen LogP contribution in [0.1, 0.15) is 43.0 Å². The molecule has 1 N–H and O–H groups in total. The Labute approximate surface area is 159 Å². The molecule has 4 rings (SSSR count). The average molecular weight is 370 g/mol. The van der Waals surface area contributed by atoms with Crippen molar-refractivity contribution in [2.45, 2.75) is 50.8 Å². The van der Waals surface area contributed by atoms with Crippen molar-refractivity contribution in [2.75, 3.05) is 19.7 Å². The Hall–Kier alpha value is -2.25. The molecule has 1 aromatic carbocycles. The summed E-state index contributed by atoms with van der Waals surface area (Å²) in [6.45, 7) is 2.83. The molecule has 7 heteroatoms. The van der Waals surface area contributed by atoms with Crippen LogP contribution < -0.4 is 5.32 Å². The fourth-order valence-electron chi connectivity index (χ4n) is 3.72. The van der Waals surface area contributed by atoms with Gasteiger partial charge in [0.05, 0.1) is 6.54 Å². The van der Waals surface area contributed by atoms with Gasteiger partial charge in [-0.3, -0.25) is 4.79 Å². The summed E-state index contributed by atoms with van der Waals surface area (Å²) in [4.78, 5) is 18.8. The Bertz CT molecular complexity index is 735. The number of carbonyl (C=O) groups is 1. The lowest BCUT2D eigenvalue weighted by Crippen LogP contribution is -2.47. The maximum absolute atomic E-state index is 12.4. The lowest BCUT2D eigenvalue weighted by atomic mass is 10.0. The lowest BCUT2D eigenvalue weighted by molar-refractivity contribution is -0.142. The number of hydrogen-bond donors (Lipinski definition) is 1. The van der Waals surface area contributed by atoms with E-state index < -0.39 is 0 Å². The molecule has 2 aliphatic rings. The molecule has 144 valence electrons. The number of likely N-dealkylation sites (tertiary alicyclic amines) is 1. The smallest absolute Gasteiger partial charge is 0.251 e. The van der Waals surface area contributed by atoms with Crippen LogP contribution >= 0.6 is 0 Å². The molecule has 2 aliphatic heterocycles. The first kappa shape index (κ1) is 18.1. The van der Waals surface area contributed by atoms with E-state index in [0.717, 1.165) is 38.8 Å². The first-order chi connectivity index (χ1) is 13.3. The number of nitrogens with zero attached hydrogens (tertiary/aromatic N) is 3. The van der Waals surface area contributed by atoms with Crippen molar-refractivity contribution in [3.8, 4) is 0 Å². The summed E-state index contributed by atoms with van der Waals surface area (Å²) in [6.07, 6.45) is 4.18. The van der Waals surface area contributed by atoms with Crippen LogP contribution in [0.15, 0.2) is 34.9 Å². The number of piperidine rings is 1. The maximum Gasteiger partial charge on any atom is 0.251 e. The summed E-state index contributed by atoms with van der Waals surface area (Å²) < 4.78 is 10.9. The largest absolute Gasteiger partial charge is 0.368 e. The average Bonchev–Trinajstić information content (AvgIpc) is 3.39. The second kappa shape index (κ2) is 8.63. The third kappa shape index (κ3) is 4.73. The highest BCUT2D eigenvalue weighted by Gasteiger charge is 2.30. The van der Waals surface area contributed by atoms with E-state index in [0.29, 0.717) is 37.3 Å². The zero-order valence-corrected chi connectivity index (χ0v) is 15.5. The minimum absolute atomic E-state index is 0.161. The molecule has 2 aromatic rings. The Balaban J connectivity index is 1.20. The fourth-order valence-corrected chi connectivity index (χ4v) is 3.72. The SMILES string of the molecule is O=C([C@H]1CCCO1)N1CCC(NCc2nc(Cc3ccccc3)no2)CC1. The highest BCUT2D eigenvalue weighted by molar-refractivity contribution is 5.81. The Morgan fingerprint density at radius 2 is 2.00 bits per heavy atom. The van der Waals surface area contributed by atoms with E-state index in [2.05, 4.69) is 27.6 Å². The number of aromatic nitrogens is 2. The number of carbonyl (C=O) groups excluding carboxylic acids is 1. The van der Waals surface area contributed by atoms with Crippen molar-refractivity contribution in [2.24, 2.45) is 0 Å². The van der Waals surface area contributed by atoms with Crippen molar-refractivity contribution >= 4 is 5.91 Å². The van der Waals surface area contributed by atoms with Gasteiger partial charge in [-0.15, -0.1) is 0 Å². The van der Waals surface area contributed by atoms with E-state index in [1.54, 1.807) is 0 Å². The molecule has 2 saturated heterocycles. The molecule has 27 heavy (non-hydrogen) atoms. The number of rotatable bonds is 6. The van der Waals surface area contributed by atoms with Crippen LogP contribution in [0.25, 0.3) is 0 Å². The van der Waals surface area contributed by atoms with Gasteiger partial charge in [0.2, 0.25) is 5.89 Å². The molecule has 1 aromatic heterocycles. The molecule has 0 spiro atoms. The molecule has 2 fully saturated rings. The molecule has 1 amide bonds. The van der Waals surface area contributed by atoms with Crippen molar-refractivity contribution in [3.63, 3.8) is 0 Å². The van der Waals surface area contributed by atoms with Crippen LogP contribution in [0.2, 0.25) is 0 Å². The summed E-state index contributed by atoms with van der Waals surface area (Å²) in [5.41, 5.74) is 1.17. The third-order valence-corrected chi connectivity index (χ3v) is 5.27. The second-order valence-corrected chi connectivity index (χ2v) is 7.25. The molecule has 3 heterocycles. The first-order valence-electron chi connectivity index (χ1n) is 9.77. The molecule has 0 aliphatic carbocycles. The van der Waals surface area contributed by atoms with Gasteiger partial charge in [0, 0.05) is 32.2 Å². The van der Waals surface area contributed by atoms with E-state index >= 15 is 0 Å². The van der Waals surface area contributed by atoms with Gasteiger partial charge in [-0.25, -0.2) is 0 Å². The van der Waals surface area contributed by atoms with Gasteiger partial charge in [0.1, 0.15) is 6.10 Å². The topological polar surface area (TPSA) is 80.5 Å². The molecule has 0 bridgehead atoms. The van der Waals surface area contributed by atoms with Crippen LogP contribution in [0.3, 0.4) is 0 Å². The second-order valence-electron chi connectivity index (χ2n) is 7.25. The van der Waals surface area contributed by atoms with Crippen LogP contribution in [-0.4, -0.2) is 52.8 Å². The predicted octanol–water partition coefficient (Wildman–Crippen LogP) is 1.92. The third-order valence-electron chi connectivity index (χ3n) is 5.27. The van der Waals surface area contributed by atoms with Crippen LogP contribution in [-0.2, 0) is 22.5 Å². The number of benzene rings is 1. The highest BCUT2D eigenvalue weighted by atomic mass is 16.5. The summed E-state index contributed by atoms with van der Waals surface area (Å²) in [6, 6.07) is 10.5. The minimum Gasteiger partial charge on any atom is -0.368 e. The summed E-state index contributed by atoms with van der Waals surface area (Å²) in [7, 11) is 0. The lowest BCUT2D eigenvalue weighted by Gasteiger charge is -2.33. The maximum atomic E-state index is 12.4. The molecule has 1 atom stereocenters. The van der Waals surface area contributed by atoms with Gasteiger partial charge in [0.15, 0.2) is 5.82 Å². The van der Waals surface area contributed by atoms with Gasteiger partial charge >= 0.3 is 0 Å². The number of hydrogen-bond acceptors (Lipinski definition) is 6. The summed E-state index contributed by atoms with van der Waals surface area (Å²) >= 11 is 0. The monoisotopic (exact) mass is 370 g/mol. The van der Waals surface area contributed by atoms with E-state index in [1.165, 1.54) is 5.56 Å². The number of ether oxygens (including phenoxy) is 1. The predicted molar refractivity (Wildman–Crippen MR) is 99.0 cm³/mol. The standard InChI is InChI=1S/C20H26N4O3/c25-20(17-7-4-12-26-17)24-10-8-16(9-11-24)21-14-19-22-18(23-27-19)13-15-5-2-1-3-6-15/h1-3,5-6,16-17,21H,4,7-14H2/t17-/m1/s1. The van der Waals surface area contributed by atoms with E-state index in [-0.39, 0.29) is 12.0 Å². The van der Waals surface area contributed by atoms with E-state index in [1.807, 2.05) is 23.1 Å². The van der Waals surface area contributed by atoms with Crippen molar-refractivity contribution in [3.05, 3.63) is 47.6 Å². The van der Waals surface area contributed by atoms with Crippen LogP contribution in [0, 0.1) is 0 Å². The zero-order valence-electron chi connectivity index (χ0n) is 15.5.